The Balaban J connectivity index is 1.24. The Morgan fingerprint density at radius 1 is 0.289 bits per heavy atom. The van der Waals surface area contributed by atoms with E-state index in [1.54, 1.807) is 0 Å². The van der Waals surface area contributed by atoms with E-state index < -0.39 is 0 Å². The topological polar surface area (TPSA) is 9.23 Å². The van der Waals surface area contributed by atoms with E-state index in [0.717, 1.165) is 17.1 Å². The molecule has 45 heavy (non-hydrogen) atoms. The van der Waals surface area contributed by atoms with E-state index in [0.29, 0.717) is 0 Å². The van der Waals surface area contributed by atoms with E-state index in [1.807, 2.05) is 0 Å². The summed E-state index contributed by atoms with van der Waals surface area (Å²) in [4.78, 5) is 0. The molecule has 0 aliphatic carbocycles. The third kappa shape index (κ3) is 3.62. The fourth-order valence-electron chi connectivity index (χ4n) is 7.53. The van der Waals surface area contributed by atoms with Crippen LogP contribution in [0.2, 0.25) is 0 Å². The lowest BCUT2D eigenvalue weighted by Gasteiger charge is -2.23. The van der Waals surface area contributed by atoms with Crippen molar-refractivity contribution in [3.05, 3.63) is 158 Å². The van der Waals surface area contributed by atoms with Gasteiger partial charge in [-0.05, 0) is 107 Å². The lowest BCUT2D eigenvalue weighted by Crippen LogP contribution is -1.98. The van der Waals surface area contributed by atoms with E-state index in [-0.39, 0.29) is 0 Å². The fraction of sp³-hybridized carbons (Fsp3) is 0. The molecule has 0 spiro atoms. The standard InChI is InChI=1S/C44H26O/c1-3-8-27(9-4-1)31-18-23-40-38(25-31)39-26-33(24-32-12-7-13-41(45-40)42(32)39)35-20-15-30-16-21-36-34(28-10-5-2-6-11-28)19-14-29-17-22-37(35)44(30)43(29)36/h1-26H. The van der Waals surface area contributed by atoms with Crippen LogP contribution < -0.4 is 4.74 Å². The molecule has 0 saturated heterocycles. The van der Waals surface area contributed by atoms with E-state index in [9.17, 15) is 0 Å². The summed E-state index contributed by atoms with van der Waals surface area (Å²) in [6.45, 7) is 0. The molecular formula is C44H26O. The Hall–Kier alpha value is -5.92. The fourth-order valence-corrected chi connectivity index (χ4v) is 7.53. The Morgan fingerprint density at radius 2 is 0.911 bits per heavy atom. The van der Waals surface area contributed by atoms with Crippen molar-refractivity contribution in [1.82, 2.24) is 0 Å². The second-order valence-electron chi connectivity index (χ2n) is 12.1. The molecule has 0 radical (unpaired) electrons. The molecule has 1 heteroatoms. The molecule has 208 valence electrons. The average molecular weight is 571 g/mol. The first-order valence-corrected chi connectivity index (χ1v) is 15.5. The van der Waals surface area contributed by atoms with Crippen LogP contribution in [0.1, 0.15) is 0 Å². The summed E-state index contributed by atoms with van der Waals surface area (Å²) >= 11 is 0. The molecule has 1 heterocycles. The maximum atomic E-state index is 6.48. The molecule has 0 atom stereocenters. The predicted molar refractivity (Wildman–Crippen MR) is 189 cm³/mol. The molecule has 0 aromatic heterocycles. The highest BCUT2D eigenvalue weighted by molar-refractivity contribution is 6.27. The molecule has 1 aliphatic heterocycles. The van der Waals surface area contributed by atoms with Crippen LogP contribution >= 0.6 is 0 Å². The third-order valence-electron chi connectivity index (χ3n) is 9.60. The molecule has 1 nitrogen and oxygen atoms in total. The molecular weight excluding hydrogens is 544 g/mol. The molecule has 0 N–H and O–H groups in total. The Morgan fingerprint density at radius 3 is 1.62 bits per heavy atom. The second-order valence-corrected chi connectivity index (χ2v) is 12.1. The van der Waals surface area contributed by atoms with Crippen molar-refractivity contribution >= 4 is 43.1 Å². The highest BCUT2D eigenvalue weighted by Crippen LogP contribution is 2.50. The Kier molecular flexibility index (Phi) is 5.06. The largest absolute Gasteiger partial charge is 0.456 e. The predicted octanol–water partition coefficient (Wildman–Crippen LogP) is 12.5. The second kappa shape index (κ2) is 9.29. The van der Waals surface area contributed by atoms with Crippen LogP contribution in [0, 0.1) is 0 Å². The number of fused-ring (bicyclic) bond motifs is 2. The van der Waals surface area contributed by atoms with Crippen LogP contribution in [0.4, 0.5) is 0 Å². The van der Waals surface area contributed by atoms with Crippen LogP contribution in [0.15, 0.2) is 158 Å². The summed E-state index contributed by atoms with van der Waals surface area (Å²) < 4.78 is 6.48. The zero-order valence-electron chi connectivity index (χ0n) is 24.4. The molecule has 0 fully saturated rings. The summed E-state index contributed by atoms with van der Waals surface area (Å²) in [6, 6.07) is 57.3. The number of ether oxygens (including phenoxy) is 1. The van der Waals surface area contributed by atoms with Crippen molar-refractivity contribution in [3.8, 4) is 56.0 Å². The Bertz CT molecular complexity index is 2600. The van der Waals surface area contributed by atoms with E-state index >= 15 is 0 Å². The number of benzene rings is 9. The van der Waals surface area contributed by atoms with Gasteiger partial charge < -0.3 is 4.74 Å². The van der Waals surface area contributed by atoms with Crippen molar-refractivity contribution in [1.29, 1.82) is 0 Å². The molecule has 0 bridgehead atoms. The minimum Gasteiger partial charge on any atom is -0.456 e. The highest BCUT2D eigenvalue weighted by atomic mass is 16.5. The van der Waals surface area contributed by atoms with Gasteiger partial charge in [-0.2, -0.15) is 0 Å². The monoisotopic (exact) mass is 570 g/mol. The summed E-state index contributed by atoms with van der Waals surface area (Å²) in [7, 11) is 0. The molecule has 1 aliphatic rings. The van der Waals surface area contributed by atoms with Gasteiger partial charge >= 0.3 is 0 Å². The molecule has 0 saturated carbocycles. The van der Waals surface area contributed by atoms with Crippen molar-refractivity contribution in [2.45, 2.75) is 0 Å². The molecule has 10 rings (SSSR count). The maximum Gasteiger partial charge on any atom is 0.135 e. The van der Waals surface area contributed by atoms with Gasteiger partial charge in [-0.15, -0.1) is 0 Å². The van der Waals surface area contributed by atoms with E-state index in [4.69, 9.17) is 4.74 Å². The quantitative estimate of drug-likeness (QED) is 0.192. The normalized spacial score (nSPS) is 12.2. The Labute approximate surface area is 260 Å². The summed E-state index contributed by atoms with van der Waals surface area (Å²) in [5.74, 6) is 1.81. The van der Waals surface area contributed by atoms with Crippen molar-refractivity contribution in [2.24, 2.45) is 0 Å². The van der Waals surface area contributed by atoms with Gasteiger partial charge in [0.05, 0.1) is 0 Å². The number of rotatable bonds is 3. The van der Waals surface area contributed by atoms with Crippen molar-refractivity contribution < 1.29 is 4.74 Å². The molecule has 0 amide bonds. The van der Waals surface area contributed by atoms with Crippen LogP contribution in [-0.2, 0) is 0 Å². The molecule has 9 aromatic carbocycles. The van der Waals surface area contributed by atoms with E-state index in [1.165, 1.54) is 82.0 Å². The SMILES string of the molecule is c1ccc(-c2ccc3c(c2)-c2cc(-c4ccc5ccc6c(-c7ccccc7)ccc7ccc4c5c76)cc4cccc(c24)O3)cc1. The average Bonchev–Trinajstić information content (AvgIpc) is 3.11. The zero-order valence-corrected chi connectivity index (χ0v) is 24.4. The minimum atomic E-state index is 0.899. The van der Waals surface area contributed by atoms with Gasteiger partial charge in [0, 0.05) is 10.9 Å². The van der Waals surface area contributed by atoms with Gasteiger partial charge in [0.1, 0.15) is 11.5 Å². The molecule has 9 aromatic rings. The lowest BCUT2D eigenvalue weighted by atomic mass is 9.85. The van der Waals surface area contributed by atoms with Crippen molar-refractivity contribution in [3.63, 3.8) is 0 Å². The summed E-state index contributed by atoms with van der Waals surface area (Å²) in [5.41, 5.74) is 9.72. The van der Waals surface area contributed by atoms with Gasteiger partial charge in [-0.1, -0.05) is 127 Å². The first kappa shape index (κ1) is 24.5. The van der Waals surface area contributed by atoms with E-state index in [2.05, 4.69) is 158 Å². The minimum absolute atomic E-state index is 0.899. The van der Waals surface area contributed by atoms with Crippen LogP contribution in [-0.4, -0.2) is 0 Å². The van der Waals surface area contributed by atoms with Gasteiger partial charge in [0.15, 0.2) is 0 Å². The summed E-state index contributed by atoms with van der Waals surface area (Å²) in [6.07, 6.45) is 0. The van der Waals surface area contributed by atoms with Crippen LogP contribution in [0.25, 0.3) is 87.6 Å². The van der Waals surface area contributed by atoms with Gasteiger partial charge in [-0.3, -0.25) is 0 Å². The van der Waals surface area contributed by atoms with Crippen LogP contribution in [0.3, 0.4) is 0 Å². The summed E-state index contributed by atoms with van der Waals surface area (Å²) in [5, 5.41) is 10.2. The molecule has 0 unspecified atom stereocenters. The first-order chi connectivity index (χ1) is 22.3. The smallest absolute Gasteiger partial charge is 0.135 e. The number of hydrogen-bond acceptors (Lipinski definition) is 1. The zero-order chi connectivity index (χ0) is 29.5. The van der Waals surface area contributed by atoms with Crippen LogP contribution in [0.5, 0.6) is 11.5 Å². The van der Waals surface area contributed by atoms with Gasteiger partial charge in [0.2, 0.25) is 0 Å². The number of hydrogen-bond donors (Lipinski definition) is 0. The third-order valence-corrected chi connectivity index (χ3v) is 9.60. The van der Waals surface area contributed by atoms with Gasteiger partial charge in [-0.25, -0.2) is 0 Å². The lowest BCUT2D eigenvalue weighted by molar-refractivity contribution is 0.487. The van der Waals surface area contributed by atoms with Crippen molar-refractivity contribution in [2.75, 3.05) is 0 Å². The van der Waals surface area contributed by atoms with Gasteiger partial charge in [0.25, 0.3) is 0 Å². The highest BCUT2D eigenvalue weighted by Gasteiger charge is 2.23. The first-order valence-electron chi connectivity index (χ1n) is 15.5. The maximum absolute atomic E-state index is 6.48.